The molecule has 1 aromatic rings. The van der Waals surface area contributed by atoms with E-state index in [0.29, 0.717) is 11.8 Å². The molecule has 1 heterocycles. The second kappa shape index (κ2) is 2.52. The molecule has 0 radical (unpaired) electrons. The molecule has 0 aromatic carbocycles. The van der Waals surface area contributed by atoms with E-state index >= 15 is 0 Å². The summed E-state index contributed by atoms with van der Waals surface area (Å²) in [5, 5.41) is 4.38. The second-order valence-corrected chi connectivity index (χ2v) is 3.39. The maximum Gasteiger partial charge on any atom is 0.0699 e. The van der Waals surface area contributed by atoms with E-state index in [-0.39, 0.29) is 0 Å². The predicted molar refractivity (Wildman–Crippen MR) is 44.7 cm³/mol. The zero-order valence-electron chi connectivity index (χ0n) is 6.55. The van der Waals surface area contributed by atoms with Crippen LogP contribution >= 0.6 is 11.6 Å². The lowest BCUT2D eigenvalue weighted by Crippen LogP contribution is -1.89. The van der Waals surface area contributed by atoms with Crippen molar-refractivity contribution in [3.05, 3.63) is 17.5 Å². The van der Waals surface area contributed by atoms with Crippen molar-refractivity contribution in [3.63, 3.8) is 0 Å². The molecule has 2 nitrogen and oxygen atoms in total. The Bertz CT molecular complexity index is 263. The molecule has 0 bridgehead atoms. The number of hydrogen-bond acceptors (Lipinski definition) is 1. The largest absolute Gasteiger partial charge is 0.275 e. The van der Waals surface area contributed by atoms with Gasteiger partial charge in [0.2, 0.25) is 0 Å². The van der Waals surface area contributed by atoms with Crippen molar-refractivity contribution in [2.24, 2.45) is 7.05 Å². The highest BCUT2D eigenvalue weighted by Gasteiger charge is 2.28. The van der Waals surface area contributed by atoms with Gasteiger partial charge in [-0.25, -0.2) is 0 Å². The van der Waals surface area contributed by atoms with Crippen LogP contribution in [-0.4, -0.2) is 9.78 Å². The molecule has 11 heavy (non-hydrogen) atoms. The van der Waals surface area contributed by atoms with Crippen LogP contribution < -0.4 is 0 Å². The smallest absolute Gasteiger partial charge is 0.0699 e. The maximum atomic E-state index is 5.76. The molecule has 0 amide bonds. The molecule has 1 aliphatic rings. The fourth-order valence-corrected chi connectivity index (χ4v) is 1.56. The first-order valence-corrected chi connectivity index (χ1v) is 4.43. The van der Waals surface area contributed by atoms with Crippen LogP contribution in [0.3, 0.4) is 0 Å². The molecular formula is C8H11ClN2. The Morgan fingerprint density at radius 3 is 3.00 bits per heavy atom. The van der Waals surface area contributed by atoms with Crippen molar-refractivity contribution < 1.29 is 0 Å². The Kier molecular flexibility index (Phi) is 1.64. The first-order chi connectivity index (χ1) is 5.31. The lowest BCUT2D eigenvalue weighted by atomic mass is 10.2. The van der Waals surface area contributed by atoms with Crippen molar-refractivity contribution in [2.75, 3.05) is 0 Å². The summed E-state index contributed by atoms with van der Waals surface area (Å²) in [4.78, 5) is 0. The van der Waals surface area contributed by atoms with Gasteiger partial charge >= 0.3 is 0 Å². The van der Waals surface area contributed by atoms with Crippen LogP contribution in [0.25, 0.3) is 0 Å². The molecule has 60 valence electrons. The third kappa shape index (κ3) is 1.27. The lowest BCUT2D eigenvalue weighted by Gasteiger charge is -1.91. The van der Waals surface area contributed by atoms with E-state index in [1.54, 1.807) is 0 Å². The fraction of sp³-hybridized carbons (Fsp3) is 0.625. The number of aromatic nitrogens is 2. The highest BCUT2D eigenvalue weighted by molar-refractivity contribution is 6.17. The number of alkyl halides is 1. The Morgan fingerprint density at radius 1 is 1.73 bits per heavy atom. The SMILES string of the molecule is Cn1cc(CCl)c(C2CC2)n1. The van der Waals surface area contributed by atoms with Crippen LogP contribution in [0, 0.1) is 0 Å². The molecule has 0 unspecified atom stereocenters. The summed E-state index contributed by atoms with van der Waals surface area (Å²) in [7, 11) is 1.95. The number of aryl methyl sites for hydroxylation is 1. The van der Waals surface area contributed by atoms with Gasteiger partial charge < -0.3 is 0 Å². The molecule has 2 rings (SSSR count). The molecular weight excluding hydrogens is 160 g/mol. The molecule has 0 aliphatic heterocycles. The zero-order chi connectivity index (χ0) is 7.84. The van der Waals surface area contributed by atoms with Gasteiger partial charge in [-0.2, -0.15) is 5.10 Å². The summed E-state index contributed by atoms with van der Waals surface area (Å²) < 4.78 is 1.85. The molecule has 1 saturated carbocycles. The Labute approximate surface area is 71.2 Å². The second-order valence-electron chi connectivity index (χ2n) is 3.12. The van der Waals surface area contributed by atoms with Gasteiger partial charge in [0.05, 0.1) is 11.6 Å². The molecule has 0 atom stereocenters. The summed E-state index contributed by atoms with van der Waals surface area (Å²) in [6, 6.07) is 0. The molecule has 1 aliphatic carbocycles. The average Bonchev–Trinajstić information content (AvgIpc) is 2.75. The quantitative estimate of drug-likeness (QED) is 0.622. The molecule has 3 heteroatoms. The molecule has 1 aromatic heterocycles. The molecule has 1 fully saturated rings. The maximum absolute atomic E-state index is 5.76. The molecule has 0 spiro atoms. The third-order valence-corrected chi connectivity index (χ3v) is 2.33. The van der Waals surface area contributed by atoms with E-state index in [1.807, 2.05) is 17.9 Å². The van der Waals surface area contributed by atoms with Crippen molar-refractivity contribution in [1.29, 1.82) is 0 Å². The van der Waals surface area contributed by atoms with Gasteiger partial charge in [-0.1, -0.05) is 0 Å². The van der Waals surface area contributed by atoms with Gasteiger partial charge in [-0.05, 0) is 12.8 Å². The number of halogens is 1. The van der Waals surface area contributed by atoms with Crippen molar-refractivity contribution in [2.45, 2.75) is 24.6 Å². The van der Waals surface area contributed by atoms with Crippen molar-refractivity contribution in [3.8, 4) is 0 Å². The summed E-state index contributed by atoms with van der Waals surface area (Å²) in [5.41, 5.74) is 2.43. The monoisotopic (exact) mass is 170 g/mol. The Hall–Kier alpha value is -0.500. The van der Waals surface area contributed by atoms with Gasteiger partial charge in [0.25, 0.3) is 0 Å². The van der Waals surface area contributed by atoms with Gasteiger partial charge in [0.1, 0.15) is 0 Å². The highest BCUT2D eigenvalue weighted by Crippen LogP contribution is 2.40. The van der Waals surface area contributed by atoms with Gasteiger partial charge in [-0.3, -0.25) is 4.68 Å². The summed E-state index contributed by atoms with van der Waals surface area (Å²) in [5.74, 6) is 1.31. The Morgan fingerprint density at radius 2 is 2.45 bits per heavy atom. The minimum absolute atomic E-state index is 0.597. The van der Waals surface area contributed by atoms with E-state index in [4.69, 9.17) is 11.6 Å². The van der Waals surface area contributed by atoms with Crippen LogP contribution in [0.4, 0.5) is 0 Å². The lowest BCUT2D eigenvalue weighted by molar-refractivity contribution is 0.744. The average molecular weight is 171 g/mol. The normalized spacial score (nSPS) is 17.3. The summed E-state index contributed by atoms with van der Waals surface area (Å²) in [6.45, 7) is 0. The minimum Gasteiger partial charge on any atom is -0.275 e. The Balaban J connectivity index is 2.34. The van der Waals surface area contributed by atoms with Crippen molar-refractivity contribution >= 4 is 11.6 Å². The molecule has 0 saturated heterocycles. The van der Waals surface area contributed by atoms with Crippen LogP contribution in [0.2, 0.25) is 0 Å². The van der Waals surface area contributed by atoms with Gasteiger partial charge in [0.15, 0.2) is 0 Å². The van der Waals surface area contributed by atoms with Gasteiger partial charge in [0, 0.05) is 24.7 Å². The van der Waals surface area contributed by atoms with E-state index < -0.39 is 0 Å². The highest BCUT2D eigenvalue weighted by atomic mass is 35.5. The van der Waals surface area contributed by atoms with E-state index in [1.165, 1.54) is 24.1 Å². The summed E-state index contributed by atoms with van der Waals surface area (Å²) >= 11 is 5.76. The van der Waals surface area contributed by atoms with Crippen LogP contribution in [-0.2, 0) is 12.9 Å². The van der Waals surface area contributed by atoms with Crippen molar-refractivity contribution in [1.82, 2.24) is 9.78 Å². The topological polar surface area (TPSA) is 17.8 Å². The zero-order valence-corrected chi connectivity index (χ0v) is 7.30. The minimum atomic E-state index is 0.597. The summed E-state index contributed by atoms with van der Waals surface area (Å²) in [6.07, 6.45) is 4.60. The van der Waals surface area contributed by atoms with Gasteiger partial charge in [-0.15, -0.1) is 11.6 Å². The first-order valence-electron chi connectivity index (χ1n) is 3.89. The number of nitrogens with zero attached hydrogens (tertiary/aromatic N) is 2. The standard InChI is InChI=1S/C8H11ClN2/c1-11-5-7(4-9)8(10-11)6-2-3-6/h5-6H,2-4H2,1H3. The van der Waals surface area contributed by atoms with Crippen LogP contribution in [0.5, 0.6) is 0 Å². The first kappa shape index (κ1) is 7.17. The number of rotatable bonds is 2. The predicted octanol–water partition coefficient (Wildman–Crippen LogP) is 2.04. The van der Waals surface area contributed by atoms with E-state index in [9.17, 15) is 0 Å². The molecule has 0 N–H and O–H groups in total. The number of hydrogen-bond donors (Lipinski definition) is 0. The third-order valence-electron chi connectivity index (χ3n) is 2.05. The fourth-order valence-electron chi connectivity index (χ4n) is 1.36. The van der Waals surface area contributed by atoms with Crippen LogP contribution in [0.15, 0.2) is 6.20 Å². The van der Waals surface area contributed by atoms with Crippen LogP contribution in [0.1, 0.15) is 30.0 Å². The van der Waals surface area contributed by atoms with E-state index in [2.05, 4.69) is 5.10 Å². The van der Waals surface area contributed by atoms with E-state index in [0.717, 1.165) is 0 Å².